The summed E-state index contributed by atoms with van der Waals surface area (Å²) in [5, 5.41) is 11.2. The second-order valence-electron chi connectivity index (χ2n) is 4.84. The predicted molar refractivity (Wildman–Crippen MR) is 88.5 cm³/mol. The van der Waals surface area contributed by atoms with E-state index >= 15 is 0 Å². The van der Waals surface area contributed by atoms with Crippen molar-refractivity contribution < 1.29 is 14.1 Å². The Bertz CT molecular complexity index is 855. The fourth-order valence-corrected chi connectivity index (χ4v) is 2.42. The molecule has 3 aromatic rings. The number of hydrogen-bond donors (Lipinski definition) is 1. The highest BCUT2D eigenvalue weighted by Crippen LogP contribution is 2.32. The van der Waals surface area contributed by atoms with E-state index < -0.39 is 5.91 Å². The highest BCUT2D eigenvalue weighted by Gasteiger charge is 2.13. The number of carbonyl (C=O) groups is 1. The Morgan fingerprint density at radius 1 is 1.33 bits per heavy atom. The summed E-state index contributed by atoms with van der Waals surface area (Å²) in [4.78, 5) is 12.1. The van der Waals surface area contributed by atoms with Gasteiger partial charge in [0.15, 0.2) is 24.0 Å². The van der Waals surface area contributed by atoms with Gasteiger partial charge in [0, 0.05) is 12.3 Å². The lowest BCUT2D eigenvalue weighted by atomic mass is 10.3. The first kappa shape index (κ1) is 16.4. The number of aryl methyl sites for hydroxylation is 1. The van der Waals surface area contributed by atoms with Crippen LogP contribution in [0.5, 0.6) is 5.75 Å². The minimum Gasteiger partial charge on any atom is -0.468 e. The van der Waals surface area contributed by atoms with E-state index in [0.29, 0.717) is 27.4 Å². The van der Waals surface area contributed by atoms with E-state index in [2.05, 4.69) is 15.6 Å². The maximum atomic E-state index is 12.1. The lowest BCUT2D eigenvalue weighted by molar-refractivity contribution is 0.101. The van der Waals surface area contributed by atoms with E-state index in [1.807, 2.05) is 0 Å². The summed E-state index contributed by atoms with van der Waals surface area (Å²) >= 11 is 12.0. The second-order valence-corrected chi connectivity index (χ2v) is 5.66. The van der Waals surface area contributed by atoms with Crippen LogP contribution < -0.4 is 10.1 Å². The first-order chi connectivity index (χ1) is 11.5. The number of anilines is 1. The van der Waals surface area contributed by atoms with Crippen LogP contribution >= 0.6 is 23.2 Å². The molecule has 24 heavy (non-hydrogen) atoms. The molecule has 0 bridgehead atoms. The molecule has 0 aliphatic rings. The third-order valence-corrected chi connectivity index (χ3v) is 3.60. The maximum Gasteiger partial charge on any atom is 0.277 e. The van der Waals surface area contributed by atoms with E-state index in [1.54, 1.807) is 43.5 Å². The summed E-state index contributed by atoms with van der Waals surface area (Å²) < 4.78 is 11.9. The molecular formula is C15H12Cl2N4O3. The van der Waals surface area contributed by atoms with Crippen LogP contribution in [0.25, 0.3) is 0 Å². The Morgan fingerprint density at radius 3 is 2.75 bits per heavy atom. The molecule has 0 aliphatic carbocycles. The van der Waals surface area contributed by atoms with Crippen LogP contribution in [0.15, 0.2) is 41.1 Å². The lowest BCUT2D eigenvalue weighted by Gasteiger charge is -2.09. The highest BCUT2D eigenvalue weighted by molar-refractivity contribution is 6.37. The number of ether oxygens (including phenoxy) is 1. The fourth-order valence-electron chi connectivity index (χ4n) is 1.91. The van der Waals surface area contributed by atoms with Gasteiger partial charge in [-0.05, 0) is 25.1 Å². The Kier molecular flexibility index (Phi) is 4.73. The van der Waals surface area contributed by atoms with Crippen molar-refractivity contribution in [3.63, 3.8) is 0 Å². The van der Waals surface area contributed by atoms with Crippen molar-refractivity contribution in [2.45, 2.75) is 13.7 Å². The molecule has 0 spiro atoms. The SMILES string of the molecule is Cc1cc(NC(=O)c2ccn(COc3c(Cl)cccc3Cl)n2)no1. The molecule has 1 aromatic carbocycles. The summed E-state index contributed by atoms with van der Waals surface area (Å²) in [5.74, 6) is 0.880. The van der Waals surface area contributed by atoms with Crippen molar-refractivity contribution in [2.24, 2.45) is 0 Å². The third-order valence-electron chi connectivity index (χ3n) is 3.00. The summed E-state index contributed by atoms with van der Waals surface area (Å²) in [6.07, 6.45) is 1.60. The number of carbonyl (C=O) groups excluding carboxylic acids is 1. The molecule has 0 atom stereocenters. The number of hydrogen-bond acceptors (Lipinski definition) is 5. The number of halogens is 2. The molecule has 0 fully saturated rings. The number of benzene rings is 1. The first-order valence-electron chi connectivity index (χ1n) is 6.88. The number of nitrogens with zero attached hydrogens (tertiary/aromatic N) is 3. The van der Waals surface area contributed by atoms with Gasteiger partial charge in [-0.3, -0.25) is 4.79 Å². The van der Waals surface area contributed by atoms with Gasteiger partial charge in [0.1, 0.15) is 5.76 Å². The fraction of sp³-hybridized carbons (Fsp3) is 0.133. The standard InChI is InChI=1S/C15H12Cl2N4O3/c1-9-7-13(20-24-9)18-15(22)12-5-6-21(19-12)8-23-14-10(16)3-2-4-11(14)17/h2-7H,8H2,1H3,(H,18,20,22). The zero-order valence-corrected chi connectivity index (χ0v) is 14.0. The second kappa shape index (κ2) is 6.94. The molecule has 1 N–H and O–H groups in total. The number of rotatable bonds is 5. The Morgan fingerprint density at radius 2 is 2.08 bits per heavy atom. The molecule has 2 heterocycles. The van der Waals surface area contributed by atoms with Crippen molar-refractivity contribution in [3.05, 3.63) is 58.0 Å². The van der Waals surface area contributed by atoms with Crippen LogP contribution in [0.3, 0.4) is 0 Å². The molecule has 0 aliphatic heterocycles. The Labute approximate surface area is 147 Å². The van der Waals surface area contributed by atoms with Gasteiger partial charge >= 0.3 is 0 Å². The predicted octanol–water partition coefficient (Wildman–Crippen LogP) is 3.78. The van der Waals surface area contributed by atoms with E-state index in [9.17, 15) is 4.79 Å². The van der Waals surface area contributed by atoms with Gasteiger partial charge in [-0.15, -0.1) is 0 Å². The minimum absolute atomic E-state index is 0.0554. The maximum absolute atomic E-state index is 12.1. The number of para-hydroxylation sites is 1. The largest absolute Gasteiger partial charge is 0.468 e. The van der Waals surface area contributed by atoms with E-state index in [1.165, 1.54) is 4.68 Å². The normalized spacial score (nSPS) is 10.6. The van der Waals surface area contributed by atoms with Crippen LogP contribution in [-0.2, 0) is 6.73 Å². The van der Waals surface area contributed by atoms with Gasteiger partial charge < -0.3 is 14.6 Å². The van der Waals surface area contributed by atoms with Crippen LogP contribution in [0, 0.1) is 6.92 Å². The van der Waals surface area contributed by atoms with Gasteiger partial charge in [0.25, 0.3) is 5.91 Å². The average Bonchev–Trinajstić information content (AvgIpc) is 3.16. The van der Waals surface area contributed by atoms with Gasteiger partial charge in [0.2, 0.25) is 0 Å². The molecule has 7 nitrogen and oxygen atoms in total. The molecule has 1 amide bonds. The van der Waals surface area contributed by atoms with Gasteiger partial charge in [-0.1, -0.05) is 34.4 Å². The van der Waals surface area contributed by atoms with Gasteiger partial charge in [-0.2, -0.15) is 5.10 Å². The van der Waals surface area contributed by atoms with Crippen molar-refractivity contribution in [1.82, 2.24) is 14.9 Å². The summed E-state index contributed by atoms with van der Waals surface area (Å²) in [6.45, 7) is 1.79. The van der Waals surface area contributed by atoms with Crippen LogP contribution in [-0.4, -0.2) is 20.8 Å². The molecular weight excluding hydrogens is 355 g/mol. The molecule has 124 valence electrons. The van der Waals surface area contributed by atoms with Crippen LogP contribution in [0.2, 0.25) is 10.0 Å². The number of amides is 1. The van der Waals surface area contributed by atoms with Gasteiger partial charge in [0.05, 0.1) is 10.0 Å². The average molecular weight is 367 g/mol. The van der Waals surface area contributed by atoms with E-state index in [-0.39, 0.29) is 12.4 Å². The smallest absolute Gasteiger partial charge is 0.277 e. The molecule has 9 heteroatoms. The third kappa shape index (κ3) is 3.69. The molecule has 0 unspecified atom stereocenters. The quantitative estimate of drug-likeness (QED) is 0.742. The topological polar surface area (TPSA) is 82.2 Å². The Balaban J connectivity index is 1.64. The van der Waals surface area contributed by atoms with Crippen molar-refractivity contribution in [1.29, 1.82) is 0 Å². The zero-order chi connectivity index (χ0) is 17.1. The lowest BCUT2D eigenvalue weighted by Crippen LogP contribution is -2.14. The molecule has 2 aromatic heterocycles. The summed E-state index contributed by atoms with van der Waals surface area (Å²) in [5.41, 5.74) is 0.213. The number of nitrogens with one attached hydrogen (secondary N) is 1. The first-order valence-corrected chi connectivity index (χ1v) is 7.63. The molecule has 0 saturated carbocycles. The minimum atomic E-state index is -0.405. The summed E-state index contributed by atoms with van der Waals surface area (Å²) in [6, 6.07) is 8.23. The monoisotopic (exact) mass is 366 g/mol. The molecule has 3 rings (SSSR count). The van der Waals surface area contributed by atoms with Crippen LogP contribution in [0.4, 0.5) is 5.82 Å². The zero-order valence-electron chi connectivity index (χ0n) is 12.5. The van der Waals surface area contributed by atoms with E-state index in [0.717, 1.165) is 0 Å². The van der Waals surface area contributed by atoms with E-state index in [4.69, 9.17) is 32.5 Å². The van der Waals surface area contributed by atoms with Crippen molar-refractivity contribution in [2.75, 3.05) is 5.32 Å². The highest BCUT2D eigenvalue weighted by atomic mass is 35.5. The molecule has 0 radical (unpaired) electrons. The number of aromatic nitrogens is 3. The molecule has 0 saturated heterocycles. The van der Waals surface area contributed by atoms with Crippen molar-refractivity contribution >= 4 is 34.9 Å². The van der Waals surface area contributed by atoms with Gasteiger partial charge in [-0.25, -0.2) is 4.68 Å². The van der Waals surface area contributed by atoms with Crippen molar-refractivity contribution in [3.8, 4) is 5.75 Å². The van der Waals surface area contributed by atoms with Crippen LogP contribution in [0.1, 0.15) is 16.2 Å². The Hall–Kier alpha value is -2.51. The summed E-state index contributed by atoms with van der Waals surface area (Å²) in [7, 11) is 0.